The van der Waals surface area contributed by atoms with Crippen LogP contribution in [0, 0.1) is 5.82 Å². The van der Waals surface area contributed by atoms with Gasteiger partial charge in [-0.15, -0.1) is 0 Å². The van der Waals surface area contributed by atoms with E-state index in [9.17, 15) is 4.39 Å². The third-order valence-electron chi connectivity index (χ3n) is 2.90. The molecule has 0 saturated carbocycles. The first kappa shape index (κ1) is 17.6. The Morgan fingerprint density at radius 2 is 1.70 bits per heavy atom. The van der Waals surface area contributed by atoms with Gasteiger partial charge in [-0.2, -0.15) is 0 Å². The van der Waals surface area contributed by atoms with E-state index < -0.39 is 0 Å². The van der Waals surface area contributed by atoms with E-state index in [1.54, 1.807) is 0 Å². The van der Waals surface area contributed by atoms with E-state index in [1.807, 2.05) is 26.0 Å². The number of nitrogens with zero attached hydrogens (tertiary/aromatic N) is 1. The molecule has 1 rings (SSSR count). The molecule has 0 aliphatic rings. The maximum atomic E-state index is 13.2. The monoisotopic (exact) mass is 347 g/mol. The Hall–Kier alpha value is -0.490. The van der Waals surface area contributed by atoms with E-state index in [-0.39, 0.29) is 5.82 Å². The number of rotatable bonds is 10. The van der Waals surface area contributed by atoms with Crippen LogP contribution in [-0.4, -0.2) is 44.4 Å². The minimum Gasteiger partial charge on any atom is -0.380 e. The second-order valence-electron chi connectivity index (χ2n) is 4.42. The van der Waals surface area contributed by atoms with Crippen molar-refractivity contribution in [3.63, 3.8) is 0 Å². The topological polar surface area (TPSA) is 21.7 Å². The lowest BCUT2D eigenvalue weighted by molar-refractivity contribution is 0.0797. The normalized spacial score (nSPS) is 11.2. The van der Waals surface area contributed by atoms with Crippen LogP contribution in [0.15, 0.2) is 22.7 Å². The van der Waals surface area contributed by atoms with Gasteiger partial charge in [0.1, 0.15) is 5.82 Å². The summed E-state index contributed by atoms with van der Waals surface area (Å²) in [6.45, 7) is 9.27. The van der Waals surface area contributed by atoms with Gasteiger partial charge in [-0.05, 0) is 47.5 Å². The summed E-state index contributed by atoms with van der Waals surface area (Å²) in [5, 5.41) is 0. The van der Waals surface area contributed by atoms with Gasteiger partial charge in [0.2, 0.25) is 0 Å². The Bertz CT molecular complexity index is 380. The third-order valence-corrected chi connectivity index (χ3v) is 3.51. The van der Waals surface area contributed by atoms with E-state index in [2.05, 4.69) is 20.8 Å². The molecule has 0 saturated heterocycles. The average molecular weight is 348 g/mol. The Morgan fingerprint density at radius 1 is 1.10 bits per heavy atom. The number of ether oxygens (including phenoxy) is 2. The lowest BCUT2D eigenvalue weighted by Gasteiger charge is -2.22. The first-order chi connectivity index (χ1) is 9.67. The quantitative estimate of drug-likeness (QED) is 0.605. The largest absolute Gasteiger partial charge is 0.380 e. The first-order valence-corrected chi connectivity index (χ1v) is 7.78. The SMILES string of the molecule is CCOCCN(CCOCC)Cc1ccc(F)c(Br)c1. The molecule has 0 unspecified atom stereocenters. The molecule has 0 aliphatic heterocycles. The molecule has 0 N–H and O–H groups in total. The van der Waals surface area contributed by atoms with Gasteiger partial charge in [0.05, 0.1) is 17.7 Å². The molecule has 0 heterocycles. The maximum absolute atomic E-state index is 13.2. The van der Waals surface area contributed by atoms with Crippen molar-refractivity contribution in [1.82, 2.24) is 4.90 Å². The zero-order valence-corrected chi connectivity index (χ0v) is 13.8. The molecule has 114 valence electrons. The van der Waals surface area contributed by atoms with E-state index in [0.29, 0.717) is 17.7 Å². The number of halogens is 2. The van der Waals surface area contributed by atoms with E-state index >= 15 is 0 Å². The summed E-state index contributed by atoms with van der Waals surface area (Å²) < 4.78 is 24.5. The van der Waals surface area contributed by atoms with Gasteiger partial charge in [-0.3, -0.25) is 4.90 Å². The van der Waals surface area contributed by atoms with Gasteiger partial charge in [-0.25, -0.2) is 4.39 Å². The van der Waals surface area contributed by atoms with Crippen molar-refractivity contribution in [3.8, 4) is 0 Å². The van der Waals surface area contributed by atoms with Gasteiger partial charge in [0.25, 0.3) is 0 Å². The molecule has 0 fully saturated rings. The van der Waals surface area contributed by atoms with Crippen LogP contribution < -0.4 is 0 Å². The van der Waals surface area contributed by atoms with E-state index in [4.69, 9.17) is 9.47 Å². The smallest absolute Gasteiger partial charge is 0.137 e. The minimum absolute atomic E-state index is 0.232. The fourth-order valence-corrected chi connectivity index (χ4v) is 2.27. The van der Waals surface area contributed by atoms with Gasteiger partial charge in [0, 0.05) is 32.8 Å². The molecule has 0 aromatic heterocycles. The van der Waals surface area contributed by atoms with Crippen LogP contribution >= 0.6 is 15.9 Å². The van der Waals surface area contributed by atoms with Crippen LogP contribution in [0.1, 0.15) is 19.4 Å². The fraction of sp³-hybridized carbons (Fsp3) is 0.600. The van der Waals surface area contributed by atoms with Crippen LogP contribution in [0.25, 0.3) is 0 Å². The van der Waals surface area contributed by atoms with Crippen LogP contribution in [0.2, 0.25) is 0 Å². The summed E-state index contributed by atoms with van der Waals surface area (Å²) >= 11 is 3.22. The zero-order valence-electron chi connectivity index (χ0n) is 12.2. The maximum Gasteiger partial charge on any atom is 0.137 e. The zero-order chi connectivity index (χ0) is 14.8. The molecule has 1 aromatic carbocycles. The highest BCUT2D eigenvalue weighted by molar-refractivity contribution is 9.10. The third kappa shape index (κ3) is 6.79. The van der Waals surface area contributed by atoms with Crippen LogP contribution in [0.3, 0.4) is 0 Å². The summed E-state index contributed by atoms with van der Waals surface area (Å²) in [7, 11) is 0. The number of hydrogen-bond acceptors (Lipinski definition) is 3. The Labute approximate surface area is 129 Å². The molecule has 0 amide bonds. The first-order valence-electron chi connectivity index (χ1n) is 6.99. The van der Waals surface area contributed by atoms with Crippen molar-refractivity contribution in [2.24, 2.45) is 0 Å². The summed E-state index contributed by atoms with van der Waals surface area (Å²) in [5.41, 5.74) is 1.08. The molecular formula is C15H23BrFNO2. The van der Waals surface area contributed by atoms with E-state index in [1.165, 1.54) is 6.07 Å². The standard InChI is InChI=1S/C15H23BrFNO2/c1-3-19-9-7-18(8-10-20-4-2)12-13-5-6-15(17)14(16)11-13/h5-6,11H,3-4,7-10,12H2,1-2H3. The molecule has 5 heteroatoms. The van der Waals surface area contributed by atoms with Crippen molar-refractivity contribution in [2.75, 3.05) is 39.5 Å². The van der Waals surface area contributed by atoms with Gasteiger partial charge >= 0.3 is 0 Å². The summed E-state index contributed by atoms with van der Waals surface area (Å²) in [4.78, 5) is 2.25. The molecule has 0 radical (unpaired) electrons. The predicted molar refractivity (Wildman–Crippen MR) is 82.4 cm³/mol. The highest BCUT2D eigenvalue weighted by atomic mass is 79.9. The molecule has 3 nitrogen and oxygen atoms in total. The molecular weight excluding hydrogens is 325 g/mol. The number of benzene rings is 1. The average Bonchev–Trinajstić information content (AvgIpc) is 2.43. The molecule has 0 aliphatic carbocycles. The number of hydrogen-bond donors (Lipinski definition) is 0. The molecule has 20 heavy (non-hydrogen) atoms. The summed E-state index contributed by atoms with van der Waals surface area (Å²) in [6.07, 6.45) is 0. The van der Waals surface area contributed by atoms with Crippen LogP contribution in [-0.2, 0) is 16.0 Å². The van der Waals surface area contributed by atoms with Crippen LogP contribution in [0.5, 0.6) is 0 Å². The molecule has 0 atom stereocenters. The van der Waals surface area contributed by atoms with Gasteiger partial charge in [-0.1, -0.05) is 6.07 Å². The molecule has 0 spiro atoms. The highest BCUT2D eigenvalue weighted by Crippen LogP contribution is 2.17. The molecule has 1 aromatic rings. The lowest BCUT2D eigenvalue weighted by Crippen LogP contribution is -2.30. The summed E-state index contributed by atoms with van der Waals surface area (Å²) in [5.74, 6) is -0.232. The second kappa shape index (κ2) is 10.3. The lowest BCUT2D eigenvalue weighted by atomic mass is 10.2. The Balaban J connectivity index is 2.54. The fourth-order valence-electron chi connectivity index (χ4n) is 1.84. The predicted octanol–water partition coefficient (Wildman–Crippen LogP) is 3.46. The van der Waals surface area contributed by atoms with E-state index in [0.717, 1.165) is 38.4 Å². The van der Waals surface area contributed by atoms with Gasteiger partial charge in [0.15, 0.2) is 0 Å². The Kier molecular flexibility index (Phi) is 9.02. The van der Waals surface area contributed by atoms with Crippen molar-refractivity contribution in [2.45, 2.75) is 20.4 Å². The van der Waals surface area contributed by atoms with Crippen molar-refractivity contribution in [1.29, 1.82) is 0 Å². The van der Waals surface area contributed by atoms with Crippen molar-refractivity contribution < 1.29 is 13.9 Å². The van der Waals surface area contributed by atoms with Gasteiger partial charge < -0.3 is 9.47 Å². The van der Waals surface area contributed by atoms with Crippen molar-refractivity contribution in [3.05, 3.63) is 34.1 Å². The Morgan fingerprint density at radius 3 is 2.20 bits per heavy atom. The minimum atomic E-state index is -0.232. The highest BCUT2D eigenvalue weighted by Gasteiger charge is 2.08. The van der Waals surface area contributed by atoms with Crippen molar-refractivity contribution >= 4 is 15.9 Å². The summed E-state index contributed by atoms with van der Waals surface area (Å²) in [6, 6.07) is 5.13. The molecule has 0 bridgehead atoms. The van der Waals surface area contributed by atoms with Crippen LogP contribution in [0.4, 0.5) is 4.39 Å². The second-order valence-corrected chi connectivity index (χ2v) is 5.27.